The van der Waals surface area contributed by atoms with Crippen molar-refractivity contribution in [3.05, 3.63) is 63.5 Å². The van der Waals surface area contributed by atoms with E-state index < -0.39 is 5.97 Å². The second-order valence-electron chi connectivity index (χ2n) is 5.61. The van der Waals surface area contributed by atoms with Gasteiger partial charge in [-0.2, -0.15) is 0 Å². The molecule has 1 aliphatic rings. The predicted molar refractivity (Wildman–Crippen MR) is 106 cm³/mol. The van der Waals surface area contributed by atoms with Crippen molar-refractivity contribution in [2.24, 2.45) is 4.99 Å². The van der Waals surface area contributed by atoms with E-state index in [1.165, 1.54) is 29.8 Å². The fraction of sp³-hybridized carbons (Fsp3) is 0.105. The molecule has 8 heteroatoms. The van der Waals surface area contributed by atoms with Crippen molar-refractivity contribution in [3.63, 3.8) is 0 Å². The summed E-state index contributed by atoms with van der Waals surface area (Å²) in [5.74, 6) is -0.626. The number of amidine groups is 1. The van der Waals surface area contributed by atoms with Gasteiger partial charge in [-0.05, 0) is 60.3 Å². The normalized spacial score (nSPS) is 17.0. The predicted octanol–water partition coefficient (Wildman–Crippen LogP) is 4.07. The smallest absolute Gasteiger partial charge is 0.337 e. The van der Waals surface area contributed by atoms with Crippen LogP contribution in [-0.4, -0.2) is 41.2 Å². The number of carbonyl (C=O) groups excluding carboxylic acids is 2. The van der Waals surface area contributed by atoms with Crippen molar-refractivity contribution in [2.75, 3.05) is 14.2 Å². The van der Waals surface area contributed by atoms with Crippen molar-refractivity contribution in [3.8, 4) is 5.75 Å². The quantitative estimate of drug-likeness (QED) is 0.618. The molecule has 1 fully saturated rings. The van der Waals surface area contributed by atoms with Gasteiger partial charge in [-0.25, -0.2) is 9.79 Å². The van der Waals surface area contributed by atoms with Gasteiger partial charge in [0.2, 0.25) is 0 Å². The van der Waals surface area contributed by atoms with E-state index in [1.807, 2.05) is 0 Å². The number of aliphatic imine (C=N–C) groups is 1. The minimum Gasteiger partial charge on any atom is -0.507 e. The van der Waals surface area contributed by atoms with Gasteiger partial charge in [0, 0.05) is 17.6 Å². The Morgan fingerprint density at radius 1 is 1.26 bits per heavy atom. The van der Waals surface area contributed by atoms with E-state index in [4.69, 9.17) is 11.6 Å². The molecule has 0 atom stereocenters. The molecule has 0 unspecified atom stereocenters. The second kappa shape index (κ2) is 7.85. The van der Waals surface area contributed by atoms with Crippen molar-refractivity contribution < 1.29 is 19.4 Å². The standard InChI is InChI=1S/C19H15ClN2O4S/c1-22-17(24)16(10-12-9-13(20)5-8-15(12)23)27-19(22)21-14-6-3-11(4-7-14)18(25)26-2/h3-10,23H,1-2H3/b16-10-,21-19?. The Labute approximate surface area is 165 Å². The lowest BCUT2D eigenvalue weighted by Crippen LogP contribution is -2.23. The number of esters is 1. The van der Waals surface area contributed by atoms with Crippen molar-refractivity contribution >= 4 is 52.2 Å². The number of hydrogen-bond acceptors (Lipinski definition) is 6. The molecule has 138 valence electrons. The molecule has 27 heavy (non-hydrogen) atoms. The summed E-state index contributed by atoms with van der Waals surface area (Å²) in [6.45, 7) is 0. The highest BCUT2D eigenvalue weighted by Gasteiger charge is 2.30. The number of halogens is 1. The number of benzene rings is 2. The van der Waals surface area contributed by atoms with E-state index in [0.29, 0.717) is 31.9 Å². The molecule has 0 radical (unpaired) electrons. The third kappa shape index (κ3) is 4.15. The van der Waals surface area contributed by atoms with Gasteiger partial charge >= 0.3 is 5.97 Å². The molecule has 6 nitrogen and oxygen atoms in total. The number of nitrogens with zero attached hydrogens (tertiary/aromatic N) is 2. The van der Waals surface area contributed by atoms with Gasteiger partial charge in [0.1, 0.15) is 5.75 Å². The van der Waals surface area contributed by atoms with E-state index in [2.05, 4.69) is 9.73 Å². The molecule has 1 amide bonds. The Balaban J connectivity index is 1.87. The monoisotopic (exact) mass is 402 g/mol. The summed E-state index contributed by atoms with van der Waals surface area (Å²) in [6, 6.07) is 11.2. The molecule has 2 aromatic rings. The van der Waals surface area contributed by atoms with Crippen LogP contribution in [0.5, 0.6) is 5.75 Å². The largest absolute Gasteiger partial charge is 0.507 e. The van der Waals surface area contributed by atoms with Gasteiger partial charge < -0.3 is 9.84 Å². The SMILES string of the molecule is COC(=O)c1ccc(N=C2S/C(=C\c3cc(Cl)ccc3O)C(=O)N2C)cc1. The number of carbonyl (C=O) groups is 2. The summed E-state index contributed by atoms with van der Waals surface area (Å²) in [5, 5.41) is 10.9. The first kappa shape index (κ1) is 19.0. The van der Waals surface area contributed by atoms with Crippen LogP contribution in [0, 0.1) is 0 Å². The second-order valence-corrected chi connectivity index (χ2v) is 7.06. The summed E-state index contributed by atoms with van der Waals surface area (Å²) in [6.07, 6.45) is 1.58. The number of aromatic hydroxyl groups is 1. The zero-order chi connectivity index (χ0) is 19.6. The third-order valence-electron chi connectivity index (χ3n) is 3.79. The molecule has 3 rings (SSSR count). The number of amides is 1. The van der Waals surface area contributed by atoms with Gasteiger partial charge in [-0.1, -0.05) is 11.6 Å². The number of phenolic OH excluding ortho intramolecular Hbond substituents is 1. The Bertz CT molecular complexity index is 970. The minimum absolute atomic E-state index is 0.0340. The topological polar surface area (TPSA) is 79.2 Å². The van der Waals surface area contributed by atoms with Crippen LogP contribution in [0.4, 0.5) is 5.69 Å². The Hall–Kier alpha value is -2.77. The van der Waals surface area contributed by atoms with Gasteiger partial charge in [0.15, 0.2) is 5.17 Å². The number of likely N-dealkylation sites (N-methyl/N-ethyl adjacent to an activating group) is 1. The van der Waals surface area contributed by atoms with Gasteiger partial charge in [0.05, 0.1) is 23.3 Å². The van der Waals surface area contributed by atoms with E-state index in [9.17, 15) is 14.7 Å². The van der Waals surface area contributed by atoms with Crippen LogP contribution in [-0.2, 0) is 9.53 Å². The van der Waals surface area contributed by atoms with Crippen molar-refractivity contribution in [1.82, 2.24) is 4.90 Å². The number of rotatable bonds is 3. The zero-order valence-corrected chi connectivity index (χ0v) is 16.0. The average Bonchev–Trinajstić information content (AvgIpc) is 2.92. The molecule has 2 aromatic carbocycles. The molecule has 0 bridgehead atoms. The summed E-state index contributed by atoms with van der Waals surface area (Å²) in [4.78, 5) is 30.2. The lowest BCUT2D eigenvalue weighted by atomic mass is 10.2. The summed E-state index contributed by atoms with van der Waals surface area (Å²) in [5.41, 5.74) is 1.47. The fourth-order valence-electron chi connectivity index (χ4n) is 2.33. The van der Waals surface area contributed by atoms with Crippen LogP contribution in [0.15, 0.2) is 52.4 Å². The Morgan fingerprint density at radius 2 is 1.96 bits per heavy atom. The molecule has 1 N–H and O–H groups in total. The molecule has 0 aromatic heterocycles. The Kier molecular flexibility index (Phi) is 5.53. The highest BCUT2D eigenvalue weighted by molar-refractivity contribution is 8.18. The maximum atomic E-state index is 12.5. The first-order valence-corrected chi connectivity index (χ1v) is 9.01. The van der Waals surface area contributed by atoms with E-state index in [0.717, 1.165) is 0 Å². The third-order valence-corrected chi connectivity index (χ3v) is 5.09. The highest BCUT2D eigenvalue weighted by Crippen LogP contribution is 2.35. The summed E-state index contributed by atoms with van der Waals surface area (Å²) < 4.78 is 4.66. The maximum Gasteiger partial charge on any atom is 0.337 e. The number of phenols is 1. The van der Waals surface area contributed by atoms with Crippen LogP contribution >= 0.6 is 23.4 Å². The van der Waals surface area contributed by atoms with Crippen molar-refractivity contribution in [1.29, 1.82) is 0 Å². The van der Waals surface area contributed by atoms with Gasteiger partial charge in [0.25, 0.3) is 5.91 Å². The zero-order valence-electron chi connectivity index (χ0n) is 14.5. The van der Waals surface area contributed by atoms with Crippen molar-refractivity contribution in [2.45, 2.75) is 0 Å². The maximum absolute atomic E-state index is 12.5. The average molecular weight is 403 g/mol. The lowest BCUT2D eigenvalue weighted by molar-refractivity contribution is -0.121. The van der Waals surface area contributed by atoms with Gasteiger partial charge in [-0.3, -0.25) is 9.69 Å². The number of thioether (sulfide) groups is 1. The molecule has 1 aliphatic heterocycles. The van der Waals surface area contributed by atoms with Crippen LogP contribution in [0.3, 0.4) is 0 Å². The fourth-order valence-corrected chi connectivity index (χ4v) is 3.49. The van der Waals surface area contributed by atoms with Crippen LogP contribution in [0.25, 0.3) is 6.08 Å². The molecule has 1 saturated heterocycles. The van der Waals surface area contributed by atoms with Crippen LogP contribution in [0.2, 0.25) is 5.02 Å². The van der Waals surface area contributed by atoms with E-state index >= 15 is 0 Å². The molecule has 0 aliphatic carbocycles. The first-order chi connectivity index (χ1) is 12.9. The molecule has 1 heterocycles. The van der Waals surface area contributed by atoms with E-state index in [-0.39, 0.29) is 11.7 Å². The number of methoxy groups -OCH3 is 1. The number of ether oxygens (including phenoxy) is 1. The highest BCUT2D eigenvalue weighted by atomic mass is 35.5. The molecule has 0 spiro atoms. The van der Waals surface area contributed by atoms with Crippen LogP contribution < -0.4 is 0 Å². The van der Waals surface area contributed by atoms with Gasteiger partial charge in [-0.15, -0.1) is 0 Å². The lowest BCUT2D eigenvalue weighted by Gasteiger charge is -2.07. The molecular weight excluding hydrogens is 388 g/mol. The summed E-state index contributed by atoms with van der Waals surface area (Å²) in [7, 11) is 2.94. The minimum atomic E-state index is -0.428. The van der Waals surface area contributed by atoms with Crippen LogP contribution in [0.1, 0.15) is 15.9 Å². The van der Waals surface area contributed by atoms with E-state index in [1.54, 1.807) is 49.5 Å². The molecule has 0 saturated carbocycles. The Morgan fingerprint density at radius 3 is 2.63 bits per heavy atom. The summed E-state index contributed by atoms with van der Waals surface area (Å²) >= 11 is 7.14. The first-order valence-electron chi connectivity index (χ1n) is 7.82. The molecular formula is C19H15ClN2O4S. The number of hydrogen-bond donors (Lipinski definition) is 1.